The number of carboxylic acids is 1. The Kier molecular flexibility index (Phi) is 4.98. The van der Waals surface area contributed by atoms with Crippen molar-refractivity contribution in [2.75, 3.05) is 7.11 Å². The summed E-state index contributed by atoms with van der Waals surface area (Å²) in [6.07, 6.45) is -0.763. The Morgan fingerprint density at radius 3 is 2.44 bits per heavy atom. The Morgan fingerprint density at radius 2 is 1.94 bits per heavy atom. The van der Waals surface area contributed by atoms with Gasteiger partial charge in [0.25, 0.3) is 0 Å². The molecule has 6 nitrogen and oxygen atoms in total. The Bertz CT molecular complexity index is 415. The summed E-state index contributed by atoms with van der Waals surface area (Å²) < 4.78 is 9.86. The number of alkyl carbamates (subject to hydrolysis) is 1. The van der Waals surface area contributed by atoms with Gasteiger partial charge in [0, 0.05) is 0 Å². The number of carboxylic acid groups (broad SMARTS) is 1. The fourth-order valence-corrected chi connectivity index (χ4v) is 1.15. The second kappa shape index (κ2) is 6.48. The third kappa shape index (κ3) is 4.32. The molecule has 0 saturated carbocycles. The van der Waals surface area contributed by atoms with E-state index in [-0.39, 0.29) is 6.61 Å². The van der Waals surface area contributed by atoms with Gasteiger partial charge in [-0.3, -0.25) is 4.79 Å². The predicted octanol–water partition coefficient (Wildman–Crippen LogP) is 1.39. The highest BCUT2D eigenvalue weighted by atomic mass is 16.5. The summed E-state index contributed by atoms with van der Waals surface area (Å²) in [6, 6.07) is 6.03. The van der Waals surface area contributed by atoms with Crippen molar-refractivity contribution < 1.29 is 24.2 Å². The number of hydrogen-bond acceptors (Lipinski definition) is 4. The van der Waals surface area contributed by atoms with Crippen molar-refractivity contribution in [1.29, 1.82) is 0 Å². The second-order valence-corrected chi connectivity index (χ2v) is 3.63. The number of nitrogens with one attached hydrogen (secondary N) is 1. The number of carbonyl (C=O) groups is 2. The molecule has 0 fully saturated rings. The summed E-state index contributed by atoms with van der Waals surface area (Å²) in [5, 5.41) is 10.8. The van der Waals surface area contributed by atoms with Crippen molar-refractivity contribution >= 4 is 12.1 Å². The number of rotatable bonds is 5. The molecule has 0 saturated heterocycles. The van der Waals surface area contributed by atoms with Crippen molar-refractivity contribution in [2.45, 2.75) is 19.6 Å². The van der Waals surface area contributed by atoms with Gasteiger partial charge in [0.05, 0.1) is 7.11 Å². The van der Waals surface area contributed by atoms with Crippen molar-refractivity contribution in [1.82, 2.24) is 5.32 Å². The fourth-order valence-electron chi connectivity index (χ4n) is 1.15. The summed E-state index contributed by atoms with van der Waals surface area (Å²) in [6.45, 7) is 1.43. The maximum Gasteiger partial charge on any atom is 0.408 e. The van der Waals surface area contributed by atoms with Crippen LogP contribution in [0.1, 0.15) is 12.5 Å². The normalized spacial score (nSPS) is 11.4. The number of aliphatic carboxylic acids is 1. The number of methoxy groups -OCH3 is 1. The van der Waals surface area contributed by atoms with Crippen molar-refractivity contribution in [3.8, 4) is 5.75 Å². The zero-order chi connectivity index (χ0) is 13.5. The van der Waals surface area contributed by atoms with E-state index in [1.165, 1.54) is 6.92 Å². The summed E-state index contributed by atoms with van der Waals surface area (Å²) in [7, 11) is 1.56. The van der Waals surface area contributed by atoms with Crippen LogP contribution >= 0.6 is 0 Å². The van der Waals surface area contributed by atoms with Crippen LogP contribution in [-0.2, 0) is 16.1 Å². The molecular formula is C12H15NO5. The van der Waals surface area contributed by atoms with Gasteiger partial charge in [-0.2, -0.15) is 0 Å². The van der Waals surface area contributed by atoms with Gasteiger partial charge < -0.3 is 19.9 Å². The maximum absolute atomic E-state index is 11.2. The molecule has 0 spiro atoms. The summed E-state index contributed by atoms with van der Waals surface area (Å²) in [5.41, 5.74) is 0.786. The molecule has 6 heteroatoms. The molecule has 1 amide bonds. The summed E-state index contributed by atoms with van der Waals surface area (Å²) in [4.78, 5) is 21.7. The molecule has 0 aliphatic carbocycles. The molecule has 0 aromatic heterocycles. The Labute approximate surface area is 105 Å². The highest BCUT2D eigenvalue weighted by molar-refractivity contribution is 5.79. The van der Waals surface area contributed by atoms with Crippen LogP contribution in [0, 0.1) is 0 Å². The van der Waals surface area contributed by atoms with Crippen LogP contribution < -0.4 is 10.1 Å². The lowest BCUT2D eigenvalue weighted by Crippen LogP contribution is -2.38. The Balaban J connectivity index is 2.40. The number of amides is 1. The molecule has 1 aromatic carbocycles. The molecule has 98 valence electrons. The monoisotopic (exact) mass is 253 g/mol. The van der Waals surface area contributed by atoms with Crippen LogP contribution in [-0.4, -0.2) is 30.3 Å². The van der Waals surface area contributed by atoms with Gasteiger partial charge in [0.2, 0.25) is 0 Å². The van der Waals surface area contributed by atoms with Crippen molar-refractivity contribution in [3.05, 3.63) is 29.8 Å². The molecule has 0 aliphatic rings. The van der Waals surface area contributed by atoms with E-state index in [0.29, 0.717) is 5.75 Å². The van der Waals surface area contributed by atoms with Gasteiger partial charge >= 0.3 is 12.1 Å². The average Bonchev–Trinajstić information content (AvgIpc) is 2.36. The lowest BCUT2D eigenvalue weighted by molar-refractivity contribution is -0.138. The molecule has 0 radical (unpaired) electrons. The first-order valence-corrected chi connectivity index (χ1v) is 5.32. The van der Waals surface area contributed by atoms with Crippen LogP contribution in [0.5, 0.6) is 5.75 Å². The van der Waals surface area contributed by atoms with E-state index in [1.807, 2.05) is 0 Å². The lowest BCUT2D eigenvalue weighted by atomic mass is 10.2. The molecule has 2 N–H and O–H groups in total. The first-order chi connectivity index (χ1) is 8.52. The van der Waals surface area contributed by atoms with Gasteiger partial charge in [0.15, 0.2) is 0 Å². The zero-order valence-electron chi connectivity index (χ0n) is 10.2. The van der Waals surface area contributed by atoms with Crippen LogP contribution in [0.4, 0.5) is 4.79 Å². The van der Waals surface area contributed by atoms with E-state index in [9.17, 15) is 9.59 Å². The van der Waals surface area contributed by atoms with Crippen molar-refractivity contribution in [2.24, 2.45) is 0 Å². The molecule has 1 aromatic rings. The molecule has 18 heavy (non-hydrogen) atoms. The molecule has 1 rings (SSSR count). The highest BCUT2D eigenvalue weighted by Crippen LogP contribution is 2.11. The van der Waals surface area contributed by atoms with Gasteiger partial charge in [0.1, 0.15) is 18.4 Å². The minimum atomic E-state index is -1.11. The topological polar surface area (TPSA) is 84.9 Å². The van der Waals surface area contributed by atoms with Crippen molar-refractivity contribution in [3.63, 3.8) is 0 Å². The van der Waals surface area contributed by atoms with E-state index in [2.05, 4.69) is 5.32 Å². The number of carbonyl (C=O) groups excluding carboxylic acids is 1. The average molecular weight is 253 g/mol. The van der Waals surface area contributed by atoms with E-state index in [0.717, 1.165) is 5.56 Å². The quantitative estimate of drug-likeness (QED) is 0.828. The third-order valence-electron chi connectivity index (χ3n) is 2.23. The number of hydrogen-bond donors (Lipinski definition) is 2. The molecular weight excluding hydrogens is 238 g/mol. The Hall–Kier alpha value is -2.24. The number of ether oxygens (including phenoxy) is 2. The minimum absolute atomic E-state index is 0.0716. The van der Waals surface area contributed by atoms with Crippen LogP contribution in [0.15, 0.2) is 24.3 Å². The molecule has 0 heterocycles. The van der Waals surface area contributed by atoms with Gasteiger partial charge in [-0.25, -0.2) is 4.79 Å². The van der Waals surface area contributed by atoms with Gasteiger partial charge in [-0.15, -0.1) is 0 Å². The summed E-state index contributed by atoms with van der Waals surface area (Å²) >= 11 is 0. The second-order valence-electron chi connectivity index (χ2n) is 3.63. The zero-order valence-corrected chi connectivity index (χ0v) is 10.2. The number of benzene rings is 1. The lowest BCUT2D eigenvalue weighted by Gasteiger charge is -2.10. The predicted molar refractivity (Wildman–Crippen MR) is 63.4 cm³/mol. The van der Waals surface area contributed by atoms with E-state index in [4.69, 9.17) is 14.6 Å². The third-order valence-corrected chi connectivity index (χ3v) is 2.23. The largest absolute Gasteiger partial charge is 0.497 e. The first kappa shape index (κ1) is 13.8. The van der Waals surface area contributed by atoms with Gasteiger partial charge in [-0.1, -0.05) is 12.1 Å². The standard InChI is InChI=1S/C12H15NO5/c1-8(11(14)15)13-12(16)18-7-9-3-5-10(17-2)6-4-9/h3-6,8H,7H2,1-2H3,(H,13,16)(H,14,15). The highest BCUT2D eigenvalue weighted by Gasteiger charge is 2.14. The smallest absolute Gasteiger partial charge is 0.408 e. The van der Waals surface area contributed by atoms with Gasteiger partial charge in [-0.05, 0) is 24.6 Å². The summed E-state index contributed by atoms with van der Waals surface area (Å²) in [5.74, 6) is -0.404. The van der Waals surface area contributed by atoms with E-state index >= 15 is 0 Å². The van der Waals surface area contributed by atoms with Crippen LogP contribution in [0.25, 0.3) is 0 Å². The van der Waals surface area contributed by atoms with E-state index in [1.54, 1.807) is 31.4 Å². The molecule has 0 bridgehead atoms. The van der Waals surface area contributed by atoms with Crippen LogP contribution in [0.3, 0.4) is 0 Å². The van der Waals surface area contributed by atoms with E-state index < -0.39 is 18.1 Å². The molecule has 1 unspecified atom stereocenters. The molecule has 1 atom stereocenters. The van der Waals surface area contributed by atoms with Crippen LogP contribution in [0.2, 0.25) is 0 Å². The Morgan fingerprint density at radius 1 is 1.33 bits per heavy atom. The SMILES string of the molecule is COc1ccc(COC(=O)NC(C)C(=O)O)cc1. The fraction of sp³-hybridized carbons (Fsp3) is 0.333. The maximum atomic E-state index is 11.2. The first-order valence-electron chi connectivity index (χ1n) is 5.32. The minimum Gasteiger partial charge on any atom is -0.497 e. The molecule has 0 aliphatic heterocycles.